The van der Waals surface area contributed by atoms with Gasteiger partial charge in [-0.3, -0.25) is 14.4 Å². The monoisotopic (exact) mass is 360 g/mol. The van der Waals surface area contributed by atoms with E-state index in [-0.39, 0.29) is 24.8 Å². The average Bonchev–Trinajstić information content (AvgIpc) is 3.28. The fourth-order valence-electron chi connectivity index (χ4n) is 3.74. The first-order valence-corrected chi connectivity index (χ1v) is 8.74. The van der Waals surface area contributed by atoms with Crippen molar-refractivity contribution >= 4 is 23.5 Å². The van der Waals surface area contributed by atoms with Crippen molar-refractivity contribution < 1.29 is 29.0 Å². The summed E-state index contributed by atoms with van der Waals surface area (Å²) in [5.74, 6) is -0.832. The van der Waals surface area contributed by atoms with Crippen molar-refractivity contribution in [3.05, 3.63) is 18.2 Å². The van der Waals surface area contributed by atoms with E-state index in [0.29, 0.717) is 49.9 Å². The summed E-state index contributed by atoms with van der Waals surface area (Å²) >= 11 is 0. The molecule has 2 atom stereocenters. The van der Waals surface area contributed by atoms with E-state index in [2.05, 4.69) is 0 Å². The van der Waals surface area contributed by atoms with Gasteiger partial charge in [-0.1, -0.05) is 0 Å². The molecule has 0 saturated carbocycles. The van der Waals surface area contributed by atoms with Crippen LogP contribution in [0, 0.1) is 11.8 Å². The molecule has 3 aliphatic rings. The van der Waals surface area contributed by atoms with Crippen LogP contribution in [-0.4, -0.2) is 60.6 Å². The first-order valence-electron chi connectivity index (χ1n) is 8.74. The summed E-state index contributed by atoms with van der Waals surface area (Å²) in [5, 5.41) is 9.09. The zero-order valence-corrected chi connectivity index (χ0v) is 14.2. The van der Waals surface area contributed by atoms with Crippen LogP contribution in [0.5, 0.6) is 11.5 Å². The molecule has 2 amide bonds. The van der Waals surface area contributed by atoms with Crippen LogP contribution in [0.1, 0.15) is 12.8 Å². The zero-order chi connectivity index (χ0) is 18.3. The molecule has 1 aromatic carbocycles. The van der Waals surface area contributed by atoms with Gasteiger partial charge in [-0.05, 0) is 18.6 Å². The summed E-state index contributed by atoms with van der Waals surface area (Å²) < 4.78 is 11.0. The minimum atomic E-state index is -0.874. The van der Waals surface area contributed by atoms with Gasteiger partial charge in [0.05, 0.1) is 11.8 Å². The predicted molar refractivity (Wildman–Crippen MR) is 90.2 cm³/mol. The summed E-state index contributed by atoms with van der Waals surface area (Å²) in [6.07, 6.45) is 0.606. The number of likely N-dealkylation sites (tertiary alicyclic amines) is 1. The van der Waals surface area contributed by atoms with Crippen molar-refractivity contribution in [2.24, 2.45) is 11.8 Å². The molecule has 0 radical (unpaired) electrons. The number of carboxylic acid groups (broad SMARTS) is 1. The van der Waals surface area contributed by atoms with Crippen LogP contribution in [-0.2, 0) is 14.4 Å². The lowest BCUT2D eigenvalue weighted by molar-refractivity contribution is -0.141. The second-order valence-corrected chi connectivity index (χ2v) is 6.84. The molecule has 2 unspecified atom stereocenters. The van der Waals surface area contributed by atoms with E-state index in [9.17, 15) is 14.4 Å². The topological polar surface area (TPSA) is 96.4 Å². The van der Waals surface area contributed by atoms with Gasteiger partial charge in [0.25, 0.3) is 0 Å². The van der Waals surface area contributed by atoms with E-state index in [1.54, 1.807) is 28.0 Å². The average molecular weight is 360 g/mol. The number of carboxylic acids is 1. The first-order chi connectivity index (χ1) is 12.5. The van der Waals surface area contributed by atoms with E-state index >= 15 is 0 Å². The molecule has 8 nitrogen and oxygen atoms in total. The summed E-state index contributed by atoms with van der Waals surface area (Å²) in [5.41, 5.74) is 0.680. The second-order valence-electron chi connectivity index (χ2n) is 6.84. The number of benzene rings is 1. The third-order valence-corrected chi connectivity index (χ3v) is 5.16. The van der Waals surface area contributed by atoms with E-state index in [1.165, 1.54) is 0 Å². The highest BCUT2D eigenvalue weighted by Crippen LogP contribution is 2.36. The van der Waals surface area contributed by atoms with Gasteiger partial charge in [0.15, 0.2) is 11.5 Å². The van der Waals surface area contributed by atoms with Gasteiger partial charge in [0.1, 0.15) is 13.2 Å². The second kappa shape index (κ2) is 6.51. The van der Waals surface area contributed by atoms with Gasteiger partial charge >= 0.3 is 5.97 Å². The fraction of sp³-hybridized carbons (Fsp3) is 0.500. The van der Waals surface area contributed by atoms with E-state index < -0.39 is 17.8 Å². The first kappa shape index (κ1) is 16.7. The van der Waals surface area contributed by atoms with Crippen LogP contribution in [0.15, 0.2) is 18.2 Å². The van der Waals surface area contributed by atoms with Crippen LogP contribution in [0.2, 0.25) is 0 Å². The zero-order valence-electron chi connectivity index (χ0n) is 14.2. The van der Waals surface area contributed by atoms with Crippen molar-refractivity contribution in [3.8, 4) is 11.5 Å². The molecule has 3 aliphatic heterocycles. The lowest BCUT2D eigenvalue weighted by Gasteiger charge is -2.23. The van der Waals surface area contributed by atoms with Crippen molar-refractivity contribution in [2.45, 2.75) is 12.8 Å². The van der Waals surface area contributed by atoms with Crippen LogP contribution in [0.4, 0.5) is 5.69 Å². The highest BCUT2D eigenvalue weighted by atomic mass is 16.6. The molecule has 3 heterocycles. The van der Waals surface area contributed by atoms with Gasteiger partial charge in [0.2, 0.25) is 11.8 Å². The molecule has 1 N–H and O–H groups in total. The Morgan fingerprint density at radius 2 is 1.85 bits per heavy atom. The molecule has 1 aromatic rings. The molecule has 0 bridgehead atoms. The Morgan fingerprint density at radius 3 is 2.58 bits per heavy atom. The summed E-state index contributed by atoms with van der Waals surface area (Å²) in [7, 11) is 0. The molecule has 138 valence electrons. The van der Waals surface area contributed by atoms with Crippen molar-refractivity contribution in [1.82, 2.24) is 4.90 Å². The Hall–Kier alpha value is -2.77. The lowest BCUT2D eigenvalue weighted by Crippen LogP contribution is -2.36. The molecule has 0 aliphatic carbocycles. The molecule has 4 rings (SSSR count). The highest BCUT2D eigenvalue weighted by molar-refractivity contribution is 6.00. The number of hydrogen-bond acceptors (Lipinski definition) is 5. The van der Waals surface area contributed by atoms with E-state index in [4.69, 9.17) is 14.6 Å². The minimum Gasteiger partial charge on any atom is -0.486 e. The van der Waals surface area contributed by atoms with Gasteiger partial charge in [-0.25, -0.2) is 0 Å². The van der Waals surface area contributed by atoms with Gasteiger partial charge in [-0.2, -0.15) is 0 Å². The van der Waals surface area contributed by atoms with Crippen LogP contribution in [0.25, 0.3) is 0 Å². The number of fused-ring (bicyclic) bond motifs is 1. The molecule has 0 aromatic heterocycles. The van der Waals surface area contributed by atoms with Crippen LogP contribution >= 0.6 is 0 Å². The number of rotatable bonds is 3. The minimum absolute atomic E-state index is 0.117. The Balaban J connectivity index is 1.45. The van der Waals surface area contributed by atoms with Crippen LogP contribution in [0.3, 0.4) is 0 Å². The maximum atomic E-state index is 12.7. The highest BCUT2D eigenvalue weighted by Gasteiger charge is 2.40. The Bertz CT molecular complexity index is 764. The molecule has 2 fully saturated rings. The molecular weight excluding hydrogens is 340 g/mol. The molecule has 0 spiro atoms. The number of nitrogens with zero attached hydrogens (tertiary/aromatic N) is 2. The number of amides is 2. The van der Waals surface area contributed by atoms with Crippen molar-refractivity contribution in [3.63, 3.8) is 0 Å². The number of aliphatic carboxylic acids is 1. The third kappa shape index (κ3) is 2.95. The normalized spacial score (nSPS) is 24.8. The predicted octanol–water partition coefficient (Wildman–Crippen LogP) is 0.744. The van der Waals surface area contributed by atoms with Gasteiger partial charge < -0.3 is 24.4 Å². The third-order valence-electron chi connectivity index (χ3n) is 5.16. The molecule has 8 heteroatoms. The number of hydrogen-bond donors (Lipinski definition) is 1. The summed E-state index contributed by atoms with van der Waals surface area (Å²) in [6, 6.07) is 5.31. The van der Waals surface area contributed by atoms with Gasteiger partial charge in [0, 0.05) is 37.8 Å². The molecule has 26 heavy (non-hydrogen) atoms. The lowest BCUT2D eigenvalue weighted by atomic mass is 10.1. The number of ether oxygens (including phenoxy) is 2. The Morgan fingerprint density at radius 1 is 1.08 bits per heavy atom. The quantitative estimate of drug-likeness (QED) is 0.854. The number of carbonyl (C=O) groups excluding carboxylic acids is 2. The van der Waals surface area contributed by atoms with Crippen molar-refractivity contribution in [1.29, 1.82) is 0 Å². The van der Waals surface area contributed by atoms with Crippen molar-refractivity contribution in [2.75, 3.05) is 37.7 Å². The standard InChI is InChI=1S/C18H20N2O6/c21-16-7-12(17(22)19-4-3-11(9-19)18(23)24)10-20(16)13-1-2-14-15(8-13)26-6-5-25-14/h1-2,8,11-12H,3-7,9-10H2,(H,23,24). The smallest absolute Gasteiger partial charge is 0.308 e. The van der Waals surface area contributed by atoms with E-state index in [1.807, 2.05) is 0 Å². The molecule has 2 saturated heterocycles. The van der Waals surface area contributed by atoms with Crippen LogP contribution < -0.4 is 14.4 Å². The van der Waals surface area contributed by atoms with E-state index in [0.717, 1.165) is 0 Å². The molecular formula is C18H20N2O6. The largest absolute Gasteiger partial charge is 0.486 e. The summed E-state index contributed by atoms with van der Waals surface area (Å²) in [6.45, 7) is 1.92. The maximum absolute atomic E-state index is 12.7. The Kier molecular flexibility index (Phi) is 4.18. The summed E-state index contributed by atoms with van der Waals surface area (Å²) in [4.78, 5) is 39.4. The Labute approximate surface area is 150 Å². The fourth-order valence-corrected chi connectivity index (χ4v) is 3.74. The van der Waals surface area contributed by atoms with Gasteiger partial charge in [-0.15, -0.1) is 0 Å². The maximum Gasteiger partial charge on any atom is 0.308 e. The number of anilines is 1. The SMILES string of the molecule is O=C(O)C1CCN(C(=O)C2CC(=O)N(c3ccc4c(c3)OCCO4)C2)C1. The number of carbonyl (C=O) groups is 3.